The number of thiazole rings is 1. The summed E-state index contributed by atoms with van der Waals surface area (Å²) in [6, 6.07) is 12.5. The van der Waals surface area contributed by atoms with Gasteiger partial charge >= 0.3 is 6.18 Å². The molecule has 1 amide bonds. The van der Waals surface area contributed by atoms with Gasteiger partial charge in [0.25, 0.3) is 5.91 Å². The number of benzene rings is 2. The fraction of sp³-hybridized carbons (Fsp3) is 0.286. The number of H-pyrrole nitrogens is 1. The van der Waals surface area contributed by atoms with Gasteiger partial charge in [0.1, 0.15) is 0 Å². The Morgan fingerprint density at radius 1 is 1.07 bits per heavy atom. The van der Waals surface area contributed by atoms with Crippen molar-refractivity contribution < 1.29 is 18.0 Å². The van der Waals surface area contributed by atoms with Gasteiger partial charge in [0, 0.05) is 24.6 Å². The Labute approximate surface area is 173 Å². The quantitative estimate of drug-likeness (QED) is 0.475. The number of hydrogen-bond donors (Lipinski definition) is 1. The number of aromatic amines is 1. The molecule has 1 fully saturated rings. The lowest BCUT2D eigenvalue weighted by Gasteiger charge is -2.31. The SMILES string of the molecule is O=C(c1ccc2nc(C(F)(F)F)[nH]c2c1)N1CCC(c2nc3ccccc3s2)CC1. The molecule has 1 saturated heterocycles. The maximum Gasteiger partial charge on any atom is 0.449 e. The number of halogens is 3. The molecule has 5 rings (SSSR count). The van der Waals surface area contributed by atoms with E-state index in [1.54, 1.807) is 16.2 Å². The van der Waals surface area contributed by atoms with E-state index in [0.29, 0.717) is 24.6 Å². The zero-order valence-electron chi connectivity index (χ0n) is 15.7. The number of fused-ring (bicyclic) bond motifs is 2. The van der Waals surface area contributed by atoms with E-state index in [1.807, 2.05) is 18.2 Å². The van der Waals surface area contributed by atoms with Gasteiger partial charge in [0.15, 0.2) is 0 Å². The van der Waals surface area contributed by atoms with Gasteiger partial charge < -0.3 is 9.88 Å². The number of rotatable bonds is 2. The highest BCUT2D eigenvalue weighted by atomic mass is 32.1. The molecule has 1 aliphatic heterocycles. The van der Waals surface area contributed by atoms with Crippen LogP contribution in [0.2, 0.25) is 0 Å². The topological polar surface area (TPSA) is 61.9 Å². The fourth-order valence-corrected chi connectivity index (χ4v) is 4.99. The van der Waals surface area contributed by atoms with Gasteiger partial charge in [-0.3, -0.25) is 4.79 Å². The summed E-state index contributed by atoms with van der Waals surface area (Å²) in [6.07, 6.45) is -2.92. The molecule has 2 aromatic heterocycles. The van der Waals surface area contributed by atoms with Crippen molar-refractivity contribution >= 4 is 38.5 Å². The number of carbonyl (C=O) groups excluding carboxylic acids is 1. The highest BCUT2D eigenvalue weighted by Gasteiger charge is 2.35. The first-order valence-electron chi connectivity index (χ1n) is 9.60. The smallest absolute Gasteiger partial charge is 0.339 e. The Morgan fingerprint density at radius 2 is 1.83 bits per heavy atom. The predicted octanol–water partition coefficient (Wildman–Crippen LogP) is 5.21. The van der Waals surface area contributed by atoms with Gasteiger partial charge in [-0.25, -0.2) is 9.97 Å². The van der Waals surface area contributed by atoms with Gasteiger partial charge in [0.2, 0.25) is 5.82 Å². The number of hydrogen-bond acceptors (Lipinski definition) is 4. The molecule has 3 heterocycles. The number of imidazole rings is 1. The normalized spacial score (nSPS) is 15.9. The molecule has 0 radical (unpaired) electrons. The zero-order valence-corrected chi connectivity index (χ0v) is 16.6. The second kappa shape index (κ2) is 7.09. The average Bonchev–Trinajstić information content (AvgIpc) is 3.37. The third-order valence-electron chi connectivity index (χ3n) is 5.44. The van der Waals surface area contributed by atoms with Crippen molar-refractivity contribution in [2.75, 3.05) is 13.1 Å². The Balaban J connectivity index is 1.30. The number of aromatic nitrogens is 3. The van der Waals surface area contributed by atoms with Crippen molar-refractivity contribution in [3.8, 4) is 0 Å². The lowest BCUT2D eigenvalue weighted by atomic mass is 9.97. The van der Waals surface area contributed by atoms with Crippen LogP contribution in [-0.4, -0.2) is 38.8 Å². The summed E-state index contributed by atoms with van der Waals surface area (Å²) >= 11 is 1.70. The van der Waals surface area contributed by atoms with E-state index in [4.69, 9.17) is 4.98 Å². The molecule has 0 saturated carbocycles. The predicted molar refractivity (Wildman–Crippen MR) is 109 cm³/mol. The number of piperidine rings is 1. The molecule has 0 atom stereocenters. The minimum atomic E-state index is -4.55. The number of likely N-dealkylation sites (tertiary alicyclic amines) is 1. The van der Waals surface area contributed by atoms with Gasteiger partial charge in [-0.05, 0) is 43.2 Å². The molecule has 154 valence electrons. The second-order valence-corrected chi connectivity index (χ2v) is 8.46. The van der Waals surface area contributed by atoms with E-state index in [2.05, 4.69) is 16.0 Å². The van der Waals surface area contributed by atoms with Crippen molar-refractivity contribution in [1.82, 2.24) is 19.9 Å². The number of carbonyl (C=O) groups is 1. The maximum atomic E-state index is 12.9. The average molecular weight is 430 g/mol. The minimum Gasteiger partial charge on any atom is -0.339 e. The lowest BCUT2D eigenvalue weighted by molar-refractivity contribution is -0.144. The van der Waals surface area contributed by atoms with Gasteiger partial charge in [-0.2, -0.15) is 13.2 Å². The molecule has 0 bridgehead atoms. The van der Waals surface area contributed by atoms with E-state index in [9.17, 15) is 18.0 Å². The number of para-hydroxylation sites is 1. The van der Waals surface area contributed by atoms with Crippen LogP contribution in [0.5, 0.6) is 0 Å². The van der Waals surface area contributed by atoms with Crippen molar-refractivity contribution in [3.05, 3.63) is 58.9 Å². The Kier molecular flexibility index (Phi) is 4.50. The lowest BCUT2D eigenvalue weighted by Crippen LogP contribution is -2.37. The molecule has 4 aromatic rings. The molecule has 0 unspecified atom stereocenters. The molecule has 5 nitrogen and oxygen atoms in total. The fourth-order valence-electron chi connectivity index (χ4n) is 3.85. The molecule has 9 heteroatoms. The van der Waals surface area contributed by atoms with E-state index in [-0.39, 0.29) is 16.9 Å². The summed E-state index contributed by atoms with van der Waals surface area (Å²) in [4.78, 5) is 25.2. The maximum absolute atomic E-state index is 12.9. The zero-order chi connectivity index (χ0) is 20.9. The van der Waals surface area contributed by atoms with Crippen LogP contribution < -0.4 is 0 Å². The van der Waals surface area contributed by atoms with Crippen LogP contribution in [0.15, 0.2) is 42.5 Å². The molecular weight excluding hydrogens is 413 g/mol. The molecule has 30 heavy (non-hydrogen) atoms. The molecule has 2 aromatic carbocycles. The van der Waals surface area contributed by atoms with E-state index in [0.717, 1.165) is 28.1 Å². The van der Waals surface area contributed by atoms with Crippen LogP contribution in [0.4, 0.5) is 13.2 Å². The second-order valence-electron chi connectivity index (χ2n) is 7.40. The third kappa shape index (κ3) is 3.43. The molecule has 1 N–H and O–H groups in total. The summed E-state index contributed by atoms with van der Waals surface area (Å²) in [5.41, 5.74) is 1.76. The van der Waals surface area contributed by atoms with Gasteiger partial charge in [-0.15, -0.1) is 11.3 Å². The summed E-state index contributed by atoms with van der Waals surface area (Å²) in [6.45, 7) is 1.18. The first-order valence-corrected chi connectivity index (χ1v) is 10.4. The summed E-state index contributed by atoms with van der Waals surface area (Å²) < 4.78 is 39.7. The largest absolute Gasteiger partial charge is 0.449 e. The summed E-state index contributed by atoms with van der Waals surface area (Å²) in [5, 5.41) is 1.10. The molecule has 1 aliphatic rings. The van der Waals surface area contributed by atoms with Crippen LogP contribution in [0, 0.1) is 0 Å². The summed E-state index contributed by atoms with van der Waals surface area (Å²) in [5.74, 6) is -0.919. The third-order valence-corrected chi connectivity index (χ3v) is 6.64. The van der Waals surface area contributed by atoms with E-state index < -0.39 is 12.0 Å². The van der Waals surface area contributed by atoms with Crippen LogP contribution in [-0.2, 0) is 6.18 Å². The molecule has 0 aliphatic carbocycles. The van der Waals surface area contributed by atoms with Crippen molar-refractivity contribution in [1.29, 1.82) is 0 Å². The first-order chi connectivity index (χ1) is 14.4. The van der Waals surface area contributed by atoms with Crippen LogP contribution in [0.25, 0.3) is 21.3 Å². The van der Waals surface area contributed by atoms with E-state index >= 15 is 0 Å². The molecular formula is C21H17F3N4OS. The van der Waals surface area contributed by atoms with Gasteiger partial charge in [0.05, 0.1) is 26.3 Å². The van der Waals surface area contributed by atoms with Crippen LogP contribution in [0.3, 0.4) is 0 Å². The van der Waals surface area contributed by atoms with Gasteiger partial charge in [-0.1, -0.05) is 12.1 Å². The highest BCUT2D eigenvalue weighted by molar-refractivity contribution is 7.18. The monoisotopic (exact) mass is 430 g/mol. The number of alkyl halides is 3. The minimum absolute atomic E-state index is 0.178. The molecule has 0 spiro atoms. The Bertz CT molecular complexity index is 1200. The van der Waals surface area contributed by atoms with Crippen LogP contribution in [0.1, 0.15) is 39.9 Å². The standard InChI is InChI=1S/C21H17F3N4OS/c22-21(23,24)20-26-14-6-5-13(11-16(14)27-20)19(29)28-9-7-12(8-10-28)18-25-15-3-1-2-4-17(15)30-18/h1-6,11-12H,7-10H2,(H,26,27). The van der Waals surface area contributed by atoms with Crippen molar-refractivity contribution in [3.63, 3.8) is 0 Å². The summed E-state index contributed by atoms with van der Waals surface area (Å²) in [7, 11) is 0. The van der Waals surface area contributed by atoms with Crippen molar-refractivity contribution in [2.24, 2.45) is 0 Å². The number of nitrogens with one attached hydrogen (secondary N) is 1. The highest BCUT2D eigenvalue weighted by Crippen LogP contribution is 2.34. The number of amides is 1. The van der Waals surface area contributed by atoms with E-state index in [1.165, 1.54) is 18.2 Å². The van der Waals surface area contributed by atoms with Crippen LogP contribution >= 0.6 is 11.3 Å². The number of nitrogens with zero attached hydrogens (tertiary/aromatic N) is 3. The first kappa shape index (κ1) is 19.0. The Morgan fingerprint density at radius 3 is 2.57 bits per heavy atom. The van der Waals surface area contributed by atoms with Crippen molar-refractivity contribution in [2.45, 2.75) is 24.9 Å². The Hall–Kier alpha value is -2.94.